The predicted octanol–water partition coefficient (Wildman–Crippen LogP) is 2.30. The first kappa shape index (κ1) is 19.3. The van der Waals surface area contributed by atoms with Crippen molar-refractivity contribution in [2.75, 3.05) is 12.8 Å². The lowest BCUT2D eigenvalue weighted by Crippen LogP contribution is -2.30. The van der Waals surface area contributed by atoms with Gasteiger partial charge in [-0.05, 0) is 18.4 Å². The summed E-state index contributed by atoms with van der Waals surface area (Å²) in [7, 11) is -3.32. The second kappa shape index (κ2) is 9.42. The van der Waals surface area contributed by atoms with Crippen LogP contribution in [0.4, 0.5) is 0 Å². The van der Waals surface area contributed by atoms with E-state index >= 15 is 0 Å². The normalized spacial score (nSPS) is 11.6. The van der Waals surface area contributed by atoms with Crippen LogP contribution in [0.2, 0.25) is 0 Å². The van der Waals surface area contributed by atoms with Crippen molar-refractivity contribution in [2.24, 2.45) is 0 Å². The van der Waals surface area contributed by atoms with Gasteiger partial charge >= 0.3 is 5.97 Å². The lowest BCUT2D eigenvalue weighted by atomic mass is 10.1. The Balaban J connectivity index is 2.50. The Kier molecular flexibility index (Phi) is 7.91. The maximum Gasteiger partial charge on any atom is 0.303 e. The summed E-state index contributed by atoms with van der Waals surface area (Å²) in [6.07, 6.45) is 4.95. The third-order valence-electron chi connectivity index (χ3n) is 3.49. The minimum Gasteiger partial charge on any atom is -0.481 e. The Morgan fingerprint density at radius 3 is 2.26 bits per heavy atom. The number of benzene rings is 1. The Morgan fingerprint density at radius 2 is 1.74 bits per heavy atom. The van der Waals surface area contributed by atoms with E-state index in [9.17, 15) is 18.0 Å². The molecule has 0 aliphatic carbocycles. The molecule has 0 spiro atoms. The molecule has 1 N–H and O–H groups in total. The molecule has 0 saturated heterocycles. The van der Waals surface area contributed by atoms with Crippen LogP contribution in [0.1, 0.15) is 48.0 Å². The van der Waals surface area contributed by atoms with Crippen LogP contribution < -0.4 is 0 Å². The fraction of sp³-hybridized carbons (Fsp3) is 0.500. The smallest absolute Gasteiger partial charge is 0.303 e. The summed E-state index contributed by atoms with van der Waals surface area (Å²) in [6.45, 7) is 0.675. The van der Waals surface area contributed by atoms with Crippen molar-refractivity contribution in [3.05, 3.63) is 35.4 Å². The highest BCUT2D eigenvalue weighted by Gasteiger charge is 2.16. The molecule has 0 atom stereocenters. The number of aliphatic carboxylic acids is 1. The van der Waals surface area contributed by atoms with Crippen molar-refractivity contribution in [1.29, 1.82) is 0 Å². The zero-order valence-electron chi connectivity index (χ0n) is 13.3. The number of hydrogen-bond donors (Lipinski definition) is 1. The second-order valence-corrected chi connectivity index (χ2v) is 7.50. The number of sulfonamides is 1. The van der Waals surface area contributed by atoms with Crippen LogP contribution in [-0.2, 0) is 21.4 Å². The van der Waals surface area contributed by atoms with Gasteiger partial charge in [-0.3, -0.25) is 9.59 Å². The highest BCUT2D eigenvalue weighted by molar-refractivity contribution is 7.88. The fourth-order valence-electron chi connectivity index (χ4n) is 2.19. The van der Waals surface area contributed by atoms with Crippen molar-refractivity contribution < 1.29 is 23.1 Å². The van der Waals surface area contributed by atoms with Crippen LogP contribution in [0.5, 0.6) is 0 Å². The molecule has 0 fully saturated rings. The van der Waals surface area contributed by atoms with Crippen LogP contribution in [-0.4, -0.2) is 42.9 Å². The minimum atomic E-state index is -3.32. The van der Waals surface area contributed by atoms with Gasteiger partial charge in [0, 0.05) is 25.1 Å². The molecule has 1 aromatic rings. The summed E-state index contributed by atoms with van der Waals surface area (Å²) in [4.78, 5) is 21.0. The summed E-state index contributed by atoms with van der Waals surface area (Å²) in [5.41, 5.74) is 1.38. The molecular formula is C16H23NO5S. The molecule has 0 amide bonds. The van der Waals surface area contributed by atoms with Gasteiger partial charge in [-0.25, -0.2) is 8.42 Å². The van der Waals surface area contributed by atoms with Gasteiger partial charge in [0.25, 0.3) is 0 Å². The molecule has 0 aromatic heterocycles. The standard InChI is InChI=1S/C16H23NO5S/c1-23(21,22)17(11-5-3-2-4-6-16(19)20)12-14-7-9-15(13-18)10-8-14/h7-10,13H,2-6,11-12H2,1H3,(H,19,20). The molecule has 0 heterocycles. The van der Waals surface area contributed by atoms with Gasteiger partial charge < -0.3 is 5.11 Å². The number of nitrogens with zero attached hydrogens (tertiary/aromatic N) is 1. The van der Waals surface area contributed by atoms with Crippen LogP contribution >= 0.6 is 0 Å². The predicted molar refractivity (Wildman–Crippen MR) is 87.8 cm³/mol. The monoisotopic (exact) mass is 341 g/mol. The van der Waals surface area contributed by atoms with Crippen molar-refractivity contribution in [3.63, 3.8) is 0 Å². The molecule has 1 aromatic carbocycles. The summed E-state index contributed by atoms with van der Waals surface area (Å²) < 4.78 is 25.1. The van der Waals surface area contributed by atoms with Gasteiger partial charge in [-0.15, -0.1) is 0 Å². The zero-order valence-corrected chi connectivity index (χ0v) is 14.1. The van der Waals surface area contributed by atoms with Crippen molar-refractivity contribution in [3.8, 4) is 0 Å². The molecule has 0 radical (unpaired) electrons. The maximum absolute atomic E-state index is 11.9. The summed E-state index contributed by atoms with van der Waals surface area (Å²) in [5, 5.41) is 8.56. The first-order valence-electron chi connectivity index (χ1n) is 7.54. The Morgan fingerprint density at radius 1 is 1.13 bits per heavy atom. The molecule has 1 rings (SSSR count). The van der Waals surface area contributed by atoms with E-state index in [1.807, 2.05) is 0 Å². The van der Waals surface area contributed by atoms with Crippen molar-refractivity contribution in [1.82, 2.24) is 4.31 Å². The fourth-order valence-corrected chi connectivity index (χ4v) is 3.03. The van der Waals surface area contributed by atoms with Crippen molar-refractivity contribution >= 4 is 22.3 Å². The van der Waals surface area contributed by atoms with E-state index in [0.717, 1.165) is 24.7 Å². The number of carboxylic acids is 1. The average molecular weight is 341 g/mol. The lowest BCUT2D eigenvalue weighted by molar-refractivity contribution is -0.137. The van der Waals surface area contributed by atoms with E-state index in [1.165, 1.54) is 10.6 Å². The molecule has 7 heteroatoms. The molecule has 128 valence electrons. The third kappa shape index (κ3) is 7.90. The average Bonchev–Trinajstić information content (AvgIpc) is 2.48. The van der Waals surface area contributed by atoms with Gasteiger partial charge in [0.05, 0.1) is 6.26 Å². The molecule has 6 nitrogen and oxygen atoms in total. The van der Waals surface area contributed by atoms with Crippen LogP contribution in [0.3, 0.4) is 0 Å². The number of rotatable bonds is 11. The van der Waals surface area contributed by atoms with Crippen LogP contribution in [0.15, 0.2) is 24.3 Å². The summed E-state index contributed by atoms with van der Waals surface area (Å²) in [6, 6.07) is 6.81. The molecule has 0 aliphatic rings. The molecule has 0 aliphatic heterocycles. The SMILES string of the molecule is CS(=O)(=O)N(CCCCCCC(=O)O)Cc1ccc(C=O)cc1. The Bertz CT molecular complexity index is 610. The number of unbranched alkanes of at least 4 members (excludes halogenated alkanes) is 3. The number of carbonyl (C=O) groups is 2. The maximum atomic E-state index is 11.9. The van der Waals surface area contributed by atoms with Crippen LogP contribution in [0, 0.1) is 0 Å². The molecule has 0 saturated carbocycles. The zero-order chi connectivity index (χ0) is 17.3. The minimum absolute atomic E-state index is 0.152. The number of hydrogen-bond acceptors (Lipinski definition) is 4. The second-order valence-electron chi connectivity index (χ2n) is 5.51. The third-order valence-corrected chi connectivity index (χ3v) is 4.74. The lowest BCUT2D eigenvalue weighted by Gasteiger charge is -2.20. The first-order chi connectivity index (χ1) is 10.8. The summed E-state index contributed by atoms with van der Waals surface area (Å²) in [5.74, 6) is -0.804. The molecule has 0 unspecified atom stereocenters. The highest BCUT2D eigenvalue weighted by Crippen LogP contribution is 2.12. The van der Waals surface area contributed by atoms with E-state index in [4.69, 9.17) is 5.11 Å². The van der Waals surface area contributed by atoms with E-state index in [1.54, 1.807) is 24.3 Å². The van der Waals surface area contributed by atoms with Crippen LogP contribution in [0.25, 0.3) is 0 Å². The molecule has 0 bridgehead atoms. The van der Waals surface area contributed by atoms with Gasteiger partial charge in [-0.1, -0.05) is 37.1 Å². The topological polar surface area (TPSA) is 91.8 Å². The van der Waals surface area contributed by atoms with E-state index in [2.05, 4.69) is 0 Å². The first-order valence-corrected chi connectivity index (χ1v) is 9.39. The van der Waals surface area contributed by atoms with Gasteiger partial charge in [-0.2, -0.15) is 4.31 Å². The van der Waals surface area contributed by atoms with Crippen molar-refractivity contribution in [2.45, 2.75) is 38.6 Å². The number of carbonyl (C=O) groups excluding carboxylic acids is 1. The summed E-state index contributed by atoms with van der Waals surface area (Å²) >= 11 is 0. The van der Waals surface area contributed by atoms with Gasteiger partial charge in [0.1, 0.15) is 6.29 Å². The van der Waals surface area contributed by atoms with Gasteiger partial charge in [0.2, 0.25) is 10.0 Å². The Hall–Kier alpha value is -1.73. The molecular weight excluding hydrogens is 318 g/mol. The largest absolute Gasteiger partial charge is 0.481 e. The van der Waals surface area contributed by atoms with E-state index in [-0.39, 0.29) is 13.0 Å². The van der Waals surface area contributed by atoms with E-state index < -0.39 is 16.0 Å². The number of aldehydes is 1. The van der Waals surface area contributed by atoms with Gasteiger partial charge in [0.15, 0.2) is 0 Å². The molecule has 23 heavy (non-hydrogen) atoms. The quantitative estimate of drug-likeness (QED) is 0.492. The Labute approximate surface area is 137 Å². The van der Waals surface area contributed by atoms with E-state index in [0.29, 0.717) is 24.9 Å². The highest BCUT2D eigenvalue weighted by atomic mass is 32.2. The number of carboxylic acid groups (broad SMARTS) is 1.